The van der Waals surface area contributed by atoms with Gasteiger partial charge in [0, 0.05) is 5.92 Å². The number of unbranched alkanes of at least 4 members (excludes halogenated alkanes) is 2. The number of allylic oxidation sites excluding steroid dienone is 1. The van der Waals surface area contributed by atoms with Crippen molar-refractivity contribution >= 4 is 11.8 Å². The Morgan fingerprint density at radius 2 is 1.74 bits per heavy atom. The summed E-state index contributed by atoms with van der Waals surface area (Å²) in [6.07, 6.45) is 11.4. The van der Waals surface area contributed by atoms with Crippen LogP contribution in [-0.2, 0) is 16.0 Å². The van der Waals surface area contributed by atoms with Crippen molar-refractivity contribution in [3.63, 3.8) is 0 Å². The van der Waals surface area contributed by atoms with Crippen LogP contribution in [0, 0.1) is 11.8 Å². The highest BCUT2D eigenvalue weighted by Crippen LogP contribution is 2.34. The molecule has 0 N–H and O–H groups in total. The summed E-state index contributed by atoms with van der Waals surface area (Å²) in [6, 6.07) is 17.3. The molecular formula is C30H35NO4. The number of hydroxylamine groups is 2. The lowest BCUT2D eigenvalue weighted by atomic mass is 9.85. The van der Waals surface area contributed by atoms with E-state index in [0.717, 1.165) is 43.6 Å². The van der Waals surface area contributed by atoms with Crippen LogP contribution in [0.5, 0.6) is 0 Å². The maximum atomic E-state index is 12.9. The SMILES string of the molecule is C=CCC1COC(Cc2ccccc2)C1/C=C/C(CCCCC)ON1C(=O)c2ccccc2C1=O. The molecule has 0 aromatic heterocycles. The topological polar surface area (TPSA) is 55.8 Å². The first kappa shape index (κ1) is 25.1. The molecule has 2 aromatic carbocycles. The number of carbonyl (C=O) groups excluding carboxylic acids is 2. The van der Waals surface area contributed by atoms with E-state index < -0.39 is 11.8 Å². The molecule has 0 bridgehead atoms. The second kappa shape index (κ2) is 12.1. The fourth-order valence-corrected chi connectivity index (χ4v) is 4.96. The van der Waals surface area contributed by atoms with E-state index in [-0.39, 0.29) is 18.1 Å². The highest BCUT2D eigenvalue weighted by molar-refractivity contribution is 6.20. The lowest BCUT2D eigenvalue weighted by Crippen LogP contribution is -2.34. The van der Waals surface area contributed by atoms with Gasteiger partial charge in [-0.15, -0.1) is 11.6 Å². The fraction of sp³-hybridized carbons (Fsp3) is 0.400. The summed E-state index contributed by atoms with van der Waals surface area (Å²) in [4.78, 5) is 31.8. The van der Waals surface area contributed by atoms with Crippen LogP contribution in [0.25, 0.3) is 0 Å². The number of benzene rings is 2. The molecule has 0 saturated carbocycles. The molecule has 4 atom stereocenters. The summed E-state index contributed by atoms with van der Waals surface area (Å²) in [7, 11) is 0. The quantitative estimate of drug-likeness (QED) is 0.210. The van der Waals surface area contributed by atoms with Gasteiger partial charge in [-0.3, -0.25) is 14.4 Å². The molecule has 5 nitrogen and oxygen atoms in total. The van der Waals surface area contributed by atoms with Gasteiger partial charge in [-0.05, 0) is 42.9 Å². The van der Waals surface area contributed by atoms with Gasteiger partial charge >= 0.3 is 0 Å². The van der Waals surface area contributed by atoms with Gasteiger partial charge in [-0.2, -0.15) is 0 Å². The average Bonchev–Trinajstić information content (AvgIpc) is 3.36. The second-order valence-corrected chi connectivity index (χ2v) is 9.40. The van der Waals surface area contributed by atoms with Gasteiger partial charge in [0.25, 0.3) is 11.8 Å². The highest BCUT2D eigenvalue weighted by atomic mass is 16.7. The summed E-state index contributed by atoms with van der Waals surface area (Å²) in [6.45, 7) is 6.78. The number of carbonyl (C=O) groups is 2. The maximum Gasteiger partial charge on any atom is 0.285 e. The van der Waals surface area contributed by atoms with Gasteiger partial charge in [0.15, 0.2) is 0 Å². The van der Waals surface area contributed by atoms with Crippen molar-refractivity contribution in [2.24, 2.45) is 11.8 Å². The van der Waals surface area contributed by atoms with E-state index >= 15 is 0 Å². The zero-order valence-electron chi connectivity index (χ0n) is 20.5. The first-order valence-corrected chi connectivity index (χ1v) is 12.7. The Morgan fingerprint density at radius 1 is 1.06 bits per heavy atom. The molecule has 2 heterocycles. The minimum atomic E-state index is -0.393. The lowest BCUT2D eigenvalue weighted by Gasteiger charge is -2.23. The lowest BCUT2D eigenvalue weighted by molar-refractivity contribution is -0.119. The summed E-state index contributed by atoms with van der Waals surface area (Å²) in [5.74, 6) is -0.244. The van der Waals surface area contributed by atoms with Crippen LogP contribution >= 0.6 is 0 Å². The van der Waals surface area contributed by atoms with E-state index in [4.69, 9.17) is 9.57 Å². The largest absolute Gasteiger partial charge is 0.377 e. The van der Waals surface area contributed by atoms with E-state index in [9.17, 15) is 9.59 Å². The van der Waals surface area contributed by atoms with Crippen molar-refractivity contribution in [3.8, 4) is 0 Å². The molecule has 35 heavy (non-hydrogen) atoms. The number of imide groups is 1. The summed E-state index contributed by atoms with van der Waals surface area (Å²) in [5, 5.41) is 0.944. The van der Waals surface area contributed by atoms with Crippen molar-refractivity contribution in [1.29, 1.82) is 0 Å². The van der Waals surface area contributed by atoms with Crippen molar-refractivity contribution in [2.75, 3.05) is 6.61 Å². The van der Waals surface area contributed by atoms with Crippen LogP contribution in [-0.4, -0.2) is 35.7 Å². The van der Waals surface area contributed by atoms with Crippen LogP contribution in [0.15, 0.2) is 79.4 Å². The third kappa shape index (κ3) is 5.98. The highest BCUT2D eigenvalue weighted by Gasteiger charge is 2.38. The first-order chi connectivity index (χ1) is 17.1. The van der Waals surface area contributed by atoms with Crippen LogP contribution < -0.4 is 0 Å². The first-order valence-electron chi connectivity index (χ1n) is 12.7. The molecule has 184 valence electrons. The summed E-state index contributed by atoms with van der Waals surface area (Å²) < 4.78 is 6.22. The van der Waals surface area contributed by atoms with Crippen molar-refractivity contribution in [1.82, 2.24) is 5.06 Å². The van der Waals surface area contributed by atoms with Crippen molar-refractivity contribution in [2.45, 2.75) is 57.7 Å². The van der Waals surface area contributed by atoms with Crippen LogP contribution in [0.1, 0.15) is 65.3 Å². The fourth-order valence-electron chi connectivity index (χ4n) is 4.96. The second-order valence-electron chi connectivity index (χ2n) is 9.40. The molecule has 2 aliphatic rings. The molecule has 5 heteroatoms. The smallest absolute Gasteiger partial charge is 0.285 e. The number of fused-ring (bicyclic) bond motifs is 1. The van der Waals surface area contributed by atoms with Gasteiger partial charge in [0.1, 0.15) is 6.10 Å². The predicted molar refractivity (Wildman–Crippen MR) is 137 cm³/mol. The Kier molecular flexibility index (Phi) is 8.67. The molecule has 1 fully saturated rings. The molecule has 0 radical (unpaired) electrons. The standard InChI is InChI=1S/C30H35NO4/c1-3-5-7-15-24(35-31-29(32)26-16-10-11-17-27(26)30(31)33)18-19-25-23(12-4-2)21-34-28(25)20-22-13-8-6-9-14-22/h4,6,8-11,13-14,16-19,23-25,28H,2-3,5,7,12,15,20-21H2,1H3/b19-18+. The van der Waals surface area contributed by atoms with Crippen LogP contribution in [0.3, 0.4) is 0 Å². The Balaban J connectivity index is 1.51. The number of hydrogen-bond acceptors (Lipinski definition) is 4. The van der Waals surface area contributed by atoms with Crippen molar-refractivity contribution < 1.29 is 19.2 Å². The zero-order chi connectivity index (χ0) is 24.6. The number of nitrogens with zero attached hydrogens (tertiary/aromatic N) is 1. The Labute approximate surface area is 208 Å². The van der Waals surface area contributed by atoms with E-state index in [1.807, 2.05) is 18.2 Å². The predicted octanol–water partition coefficient (Wildman–Crippen LogP) is 6.17. The third-order valence-electron chi connectivity index (χ3n) is 6.88. The van der Waals surface area contributed by atoms with E-state index in [1.165, 1.54) is 5.56 Å². The molecule has 0 aliphatic carbocycles. The Morgan fingerprint density at radius 3 is 2.40 bits per heavy atom. The normalized spacial score (nSPS) is 22.7. The molecule has 1 saturated heterocycles. The van der Waals surface area contributed by atoms with Gasteiger partial charge < -0.3 is 4.74 Å². The molecule has 4 rings (SSSR count). The van der Waals surface area contributed by atoms with E-state index in [0.29, 0.717) is 23.7 Å². The molecule has 2 aliphatic heterocycles. The van der Waals surface area contributed by atoms with Gasteiger partial charge in [-0.25, -0.2) is 0 Å². The average molecular weight is 474 g/mol. The summed E-state index contributed by atoms with van der Waals surface area (Å²) in [5.41, 5.74) is 2.04. The van der Waals surface area contributed by atoms with Gasteiger partial charge in [0.2, 0.25) is 0 Å². The molecule has 0 spiro atoms. The number of amides is 2. The van der Waals surface area contributed by atoms with Gasteiger partial charge in [0.05, 0.1) is 23.8 Å². The molecule has 4 unspecified atom stereocenters. The summed E-state index contributed by atoms with van der Waals surface area (Å²) >= 11 is 0. The number of rotatable bonds is 12. The monoisotopic (exact) mass is 473 g/mol. The number of ether oxygens (including phenoxy) is 1. The van der Waals surface area contributed by atoms with Crippen molar-refractivity contribution in [3.05, 3.63) is 96.1 Å². The van der Waals surface area contributed by atoms with Crippen LogP contribution in [0.2, 0.25) is 0 Å². The molecular weight excluding hydrogens is 438 g/mol. The van der Waals surface area contributed by atoms with Crippen LogP contribution in [0.4, 0.5) is 0 Å². The molecule has 2 aromatic rings. The zero-order valence-corrected chi connectivity index (χ0v) is 20.5. The Bertz CT molecular complexity index is 1010. The minimum Gasteiger partial charge on any atom is -0.377 e. The van der Waals surface area contributed by atoms with Gasteiger partial charge in [-0.1, -0.05) is 86.9 Å². The third-order valence-corrected chi connectivity index (χ3v) is 6.88. The number of hydrogen-bond donors (Lipinski definition) is 0. The maximum absolute atomic E-state index is 12.9. The molecule has 2 amide bonds. The Hall–Kier alpha value is -3.02. The van der Waals surface area contributed by atoms with E-state index in [2.05, 4.69) is 43.8 Å². The minimum absolute atomic E-state index is 0.0641. The van der Waals surface area contributed by atoms with E-state index in [1.54, 1.807) is 24.3 Å².